The van der Waals surface area contributed by atoms with Gasteiger partial charge in [0.25, 0.3) is 0 Å². The summed E-state index contributed by atoms with van der Waals surface area (Å²) in [4.78, 5) is 20.0. The van der Waals surface area contributed by atoms with E-state index >= 15 is 0 Å². The van der Waals surface area contributed by atoms with Gasteiger partial charge in [0, 0.05) is 0 Å². The first-order chi connectivity index (χ1) is 11.1. The molecule has 2 heterocycles. The van der Waals surface area contributed by atoms with Crippen LogP contribution in [0.2, 0.25) is 0 Å². The fourth-order valence-corrected chi connectivity index (χ4v) is 3.95. The molecule has 1 aliphatic heterocycles. The van der Waals surface area contributed by atoms with E-state index in [0.29, 0.717) is 0 Å². The number of hydrogen-bond acceptors (Lipinski definition) is 4. The van der Waals surface area contributed by atoms with E-state index in [9.17, 15) is 4.79 Å². The topological polar surface area (TPSA) is 45.2 Å². The lowest BCUT2D eigenvalue weighted by Crippen LogP contribution is -2.42. The lowest BCUT2D eigenvalue weighted by atomic mass is 10.0. The van der Waals surface area contributed by atoms with Crippen molar-refractivity contribution in [3.8, 4) is 10.4 Å². The zero-order chi connectivity index (χ0) is 16.4. The van der Waals surface area contributed by atoms with E-state index in [1.165, 1.54) is 10.4 Å². The van der Waals surface area contributed by atoms with Gasteiger partial charge < -0.3 is 5.32 Å². The van der Waals surface area contributed by atoms with Crippen molar-refractivity contribution in [1.82, 2.24) is 15.2 Å². The summed E-state index contributed by atoms with van der Waals surface area (Å²) >= 11 is 1.66. The highest BCUT2D eigenvalue weighted by Gasteiger charge is 2.28. The number of rotatable bonds is 4. The summed E-state index contributed by atoms with van der Waals surface area (Å²) in [5.41, 5.74) is 5.25. The fourth-order valence-electron chi connectivity index (χ4n) is 3.14. The Morgan fingerprint density at radius 2 is 2.13 bits per heavy atom. The molecule has 2 aromatic rings. The van der Waals surface area contributed by atoms with E-state index in [1.54, 1.807) is 11.3 Å². The number of likely N-dealkylation sites (N-methyl/N-ethyl adjacent to an activating group) is 1. The van der Waals surface area contributed by atoms with Crippen LogP contribution in [0, 0.1) is 6.92 Å². The Hall–Kier alpha value is -1.72. The van der Waals surface area contributed by atoms with E-state index < -0.39 is 0 Å². The molecule has 0 aliphatic carbocycles. The molecule has 0 radical (unpaired) electrons. The predicted octanol–water partition coefficient (Wildman–Crippen LogP) is 3.39. The quantitative estimate of drug-likeness (QED) is 0.935. The highest BCUT2D eigenvalue weighted by atomic mass is 32.1. The molecule has 4 nitrogen and oxygen atoms in total. The number of carbonyl (C=O) groups is 1. The third kappa shape index (κ3) is 3.46. The first kappa shape index (κ1) is 16.1. The molecule has 122 valence electrons. The average Bonchev–Trinajstić information content (AvgIpc) is 3.15. The molecule has 0 unspecified atom stereocenters. The Morgan fingerprint density at radius 1 is 1.39 bits per heavy atom. The zero-order valence-corrected chi connectivity index (χ0v) is 14.7. The standard InChI is InChI=1S/C18H23N3OS/c1-12(20-18(22)16-5-4-10-21(16)3)14-6-8-15(9-7-14)17-13(2)19-11-23-17/h6-9,11-12,16H,4-5,10H2,1-3H3,(H,20,22)/t12-,16-/m0/s1. The first-order valence-corrected chi connectivity index (χ1v) is 8.95. The summed E-state index contributed by atoms with van der Waals surface area (Å²) in [5.74, 6) is 0.139. The predicted molar refractivity (Wildman–Crippen MR) is 94.5 cm³/mol. The number of hydrogen-bond donors (Lipinski definition) is 1. The van der Waals surface area contributed by atoms with Crippen LogP contribution in [0.4, 0.5) is 0 Å². The summed E-state index contributed by atoms with van der Waals surface area (Å²) in [5, 5.41) is 3.14. The van der Waals surface area contributed by atoms with E-state index in [4.69, 9.17) is 0 Å². The largest absolute Gasteiger partial charge is 0.348 e. The molecule has 0 spiro atoms. The van der Waals surface area contributed by atoms with E-state index in [1.807, 2.05) is 26.4 Å². The van der Waals surface area contributed by atoms with Crippen LogP contribution in [0.25, 0.3) is 10.4 Å². The lowest BCUT2D eigenvalue weighted by molar-refractivity contribution is -0.125. The SMILES string of the molecule is Cc1ncsc1-c1ccc([C@H](C)NC(=O)[C@@H]2CCCN2C)cc1. The molecule has 1 aromatic carbocycles. The number of nitrogens with zero attached hydrogens (tertiary/aromatic N) is 2. The van der Waals surface area contributed by atoms with Crippen molar-refractivity contribution in [3.05, 3.63) is 41.0 Å². The normalized spacial score (nSPS) is 19.7. The zero-order valence-electron chi connectivity index (χ0n) is 13.9. The number of nitrogens with one attached hydrogen (secondary N) is 1. The summed E-state index contributed by atoms with van der Waals surface area (Å²) in [6.45, 7) is 5.08. The Balaban J connectivity index is 1.67. The molecule has 1 aromatic heterocycles. The van der Waals surface area contributed by atoms with Crippen molar-refractivity contribution in [2.24, 2.45) is 0 Å². The number of aromatic nitrogens is 1. The Kier molecular flexibility index (Phi) is 4.78. The molecule has 1 saturated heterocycles. The molecule has 1 aliphatic rings. The Labute approximate surface area is 141 Å². The third-order valence-electron chi connectivity index (χ3n) is 4.60. The molecule has 2 atom stereocenters. The van der Waals surface area contributed by atoms with Gasteiger partial charge in [-0.25, -0.2) is 4.98 Å². The van der Waals surface area contributed by atoms with Gasteiger partial charge in [-0.2, -0.15) is 0 Å². The van der Waals surface area contributed by atoms with Gasteiger partial charge >= 0.3 is 0 Å². The maximum Gasteiger partial charge on any atom is 0.237 e. The van der Waals surface area contributed by atoms with Crippen LogP contribution in [-0.2, 0) is 4.79 Å². The summed E-state index contributed by atoms with van der Waals surface area (Å²) < 4.78 is 0. The molecule has 3 rings (SSSR count). The van der Waals surface area contributed by atoms with Gasteiger partial charge in [0.15, 0.2) is 0 Å². The number of thiazole rings is 1. The smallest absolute Gasteiger partial charge is 0.237 e. The van der Waals surface area contributed by atoms with Crippen molar-refractivity contribution in [1.29, 1.82) is 0 Å². The highest BCUT2D eigenvalue weighted by Crippen LogP contribution is 2.28. The minimum absolute atomic E-state index is 0.0214. The first-order valence-electron chi connectivity index (χ1n) is 8.07. The van der Waals surface area contributed by atoms with E-state index in [0.717, 1.165) is 30.6 Å². The monoisotopic (exact) mass is 329 g/mol. The molecular weight excluding hydrogens is 306 g/mol. The molecular formula is C18H23N3OS. The van der Waals surface area contributed by atoms with Crippen LogP contribution >= 0.6 is 11.3 Å². The van der Waals surface area contributed by atoms with Crippen LogP contribution in [0.3, 0.4) is 0 Å². The van der Waals surface area contributed by atoms with Crippen LogP contribution in [0.15, 0.2) is 29.8 Å². The lowest BCUT2D eigenvalue weighted by Gasteiger charge is -2.22. The van der Waals surface area contributed by atoms with Gasteiger partial charge in [-0.1, -0.05) is 24.3 Å². The van der Waals surface area contributed by atoms with Crippen LogP contribution in [0.1, 0.15) is 37.1 Å². The second-order valence-electron chi connectivity index (χ2n) is 6.26. The van der Waals surface area contributed by atoms with Crippen LogP contribution < -0.4 is 5.32 Å². The van der Waals surface area contributed by atoms with Crippen molar-refractivity contribution >= 4 is 17.2 Å². The summed E-state index contributed by atoms with van der Waals surface area (Å²) in [6.07, 6.45) is 2.06. The van der Waals surface area contributed by atoms with Crippen molar-refractivity contribution in [2.75, 3.05) is 13.6 Å². The Morgan fingerprint density at radius 3 is 2.70 bits per heavy atom. The number of likely N-dealkylation sites (tertiary alicyclic amines) is 1. The van der Waals surface area contributed by atoms with Crippen molar-refractivity contribution in [3.63, 3.8) is 0 Å². The van der Waals surface area contributed by atoms with Gasteiger partial charge in [-0.15, -0.1) is 11.3 Å². The number of benzene rings is 1. The summed E-state index contributed by atoms with van der Waals surface area (Å²) in [7, 11) is 2.02. The number of amides is 1. The average molecular weight is 329 g/mol. The van der Waals surface area contributed by atoms with Gasteiger partial charge in [0.05, 0.1) is 28.2 Å². The third-order valence-corrected chi connectivity index (χ3v) is 5.58. The van der Waals surface area contributed by atoms with Crippen molar-refractivity contribution in [2.45, 2.75) is 38.8 Å². The van der Waals surface area contributed by atoms with Crippen LogP contribution in [0.5, 0.6) is 0 Å². The highest BCUT2D eigenvalue weighted by molar-refractivity contribution is 7.13. The number of aryl methyl sites for hydroxylation is 1. The molecule has 0 saturated carbocycles. The molecule has 1 N–H and O–H groups in total. The maximum atomic E-state index is 12.4. The van der Waals surface area contributed by atoms with Gasteiger partial charge in [0.1, 0.15) is 0 Å². The molecule has 5 heteroatoms. The number of carbonyl (C=O) groups excluding carboxylic acids is 1. The minimum atomic E-state index is 0.0214. The van der Waals surface area contributed by atoms with Gasteiger partial charge in [0.2, 0.25) is 5.91 Å². The second-order valence-corrected chi connectivity index (χ2v) is 7.11. The van der Waals surface area contributed by atoms with Crippen molar-refractivity contribution < 1.29 is 4.79 Å². The molecule has 0 bridgehead atoms. The van der Waals surface area contributed by atoms with E-state index in [2.05, 4.69) is 39.5 Å². The Bertz CT molecular complexity index is 680. The van der Waals surface area contributed by atoms with Gasteiger partial charge in [-0.05, 0) is 51.4 Å². The molecule has 1 fully saturated rings. The van der Waals surface area contributed by atoms with Gasteiger partial charge in [-0.3, -0.25) is 9.69 Å². The molecule has 1 amide bonds. The fraction of sp³-hybridized carbons (Fsp3) is 0.444. The van der Waals surface area contributed by atoms with E-state index in [-0.39, 0.29) is 18.0 Å². The minimum Gasteiger partial charge on any atom is -0.348 e. The maximum absolute atomic E-state index is 12.4. The molecule has 23 heavy (non-hydrogen) atoms. The second kappa shape index (κ2) is 6.81. The van der Waals surface area contributed by atoms with Crippen LogP contribution in [-0.4, -0.2) is 35.4 Å². The summed E-state index contributed by atoms with van der Waals surface area (Å²) in [6, 6.07) is 8.46.